The van der Waals surface area contributed by atoms with E-state index in [9.17, 15) is 9.90 Å². The molecule has 1 aromatic rings. The fourth-order valence-electron chi connectivity index (χ4n) is 1.39. The number of carbonyl (C=O) groups excluding carboxylic acids is 1. The number of aromatic hydroxyl groups is 1. The average Bonchev–Trinajstić information content (AvgIpc) is 2.26. The van der Waals surface area contributed by atoms with E-state index in [4.69, 9.17) is 0 Å². The number of phenolic OH excluding ortho intramolecular Hbond substituents is 1. The van der Waals surface area contributed by atoms with Crippen LogP contribution in [0.15, 0.2) is 18.2 Å². The van der Waals surface area contributed by atoms with E-state index < -0.39 is 5.97 Å². The molecule has 0 aliphatic rings. The predicted octanol–water partition coefficient (Wildman–Crippen LogP) is 2.21. The van der Waals surface area contributed by atoms with Crippen molar-refractivity contribution in [3.05, 3.63) is 29.3 Å². The molecule has 1 aromatic carbocycles. The van der Waals surface area contributed by atoms with E-state index in [1.807, 2.05) is 20.8 Å². The number of hydrogen-bond donors (Lipinski definition) is 1. The fraction of sp³-hybridized carbons (Fsp3) is 0.357. The maximum atomic E-state index is 10.9. The molecular formula is C14H16O3. The van der Waals surface area contributed by atoms with E-state index in [0.717, 1.165) is 5.56 Å². The van der Waals surface area contributed by atoms with Crippen molar-refractivity contribution in [3.63, 3.8) is 0 Å². The van der Waals surface area contributed by atoms with Gasteiger partial charge in [-0.3, -0.25) is 0 Å². The van der Waals surface area contributed by atoms with Gasteiger partial charge in [0.15, 0.2) is 0 Å². The van der Waals surface area contributed by atoms with Crippen LogP contribution >= 0.6 is 0 Å². The monoisotopic (exact) mass is 232 g/mol. The molecule has 0 fully saturated rings. The zero-order chi connectivity index (χ0) is 13.1. The first-order valence-electron chi connectivity index (χ1n) is 5.28. The van der Waals surface area contributed by atoms with Crippen molar-refractivity contribution in [1.82, 2.24) is 0 Å². The summed E-state index contributed by atoms with van der Waals surface area (Å²) in [5.74, 6) is 4.72. The molecule has 17 heavy (non-hydrogen) atoms. The molecule has 0 heterocycles. The van der Waals surface area contributed by atoms with Crippen LogP contribution in [-0.2, 0) is 14.9 Å². The minimum absolute atomic E-state index is 0.174. The summed E-state index contributed by atoms with van der Waals surface area (Å²) in [7, 11) is 1.29. The number of benzene rings is 1. The van der Waals surface area contributed by atoms with Crippen LogP contribution < -0.4 is 0 Å². The molecule has 0 saturated heterocycles. The highest BCUT2D eigenvalue weighted by Crippen LogP contribution is 2.30. The van der Waals surface area contributed by atoms with E-state index >= 15 is 0 Å². The van der Waals surface area contributed by atoms with Gasteiger partial charge in [-0.05, 0) is 23.6 Å². The van der Waals surface area contributed by atoms with Crippen LogP contribution in [0.3, 0.4) is 0 Å². The first-order valence-corrected chi connectivity index (χ1v) is 5.28. The highest BCUT2D eigenvalue weighted by atomic mass is 16.5. The molecule has 0 aromatic heterocycles. The Kier molecular flexibility index (Phi) is 3.80. The number of phenols is 1. The molecule has 1 N–H and O–H groups in total. The van der Waals surface area contributed by atoms with Crippen molar-refractivity contribution in [1.29, 1.82) is 0 Å². The van der Waals surface area contributed by atoms with Gasteiger partial charge in [-0.15, -0.1) is 0 Å². The number of rotatable bonds is 0. The summed E-state index contributed by atoms with van der Waals surface area (Å²) in [5.41, 5.74) is 1.31. The van der Waals surface area contributed by atoms with E-state index in [0.29, 0.717) is 5.56 Å². The van der Waals surface area contributed by atoms with Gasteiger partial charge in [0.1, 0.15) is 5.75 Å². The van der Waals surface area contributed by atoms with Gasteiger partial charge in [0.25, 0.3) is 0 Å². The van der Waals surface area contributed by atoms with Crippen LogP contribution in [0.25, 0.3) is 0 Å². The Hall–Kier alpha value is -1.95. The lowest BCUT2D eigenvalue weighted by Gasteiger charge is -2.20. The van der Waals surface area contributed by atoms with E-state index in [1.165, 1.54) is 7.11 Å². The van der Waals surface area contributed by atoms with Crippen LogP contribution in [-0.4, -0.2) is 18.2 Å². The van der Waals surface area contributed by atoms with Gasteiger partial charge >= 0.3 is 5.97 Å². The summed E-state index contributed by atoms with van der Waals surface area (Å²) in [6.45, 7) is 6.00. The van der Waals surface area contributed by atoms with Gasteiger partial charge in [0, 0.05) is 17.0 Å². The van der Waals surface area contributed by atoms with Gasteiger partial charge in [0.2, 0.25) is 0 Å². The van der Waals surface area contributed by atoms with Crippen molar-refractivity contribution in [3.8, 4) is 17.6 Å². The molecule has 0 bridgehead atoms. The number of esters is 1. The molecule has 0 aliphatic carbocycles. The molecule has 1 rings (SSSR count). The van der Waals surface area contributed by atoms with Gasteiger partial charge in [-0.1, -0.05) is 26.7 Å². The SMILES string of the molecule is COC(=O)C#Cc1ccc(O)c(C(C)(C)C)c1. The minimum atomic E-state index is -0.574. The average molecular weight is 232 g/mol. The number of carbonyl (C=O) groups is 1. The summed E-state index contributed by atoms with van der Waals surface area (Å²) in [5, 5.41) is 9.75. The molecule has 0 unspecified atom stereocenters. The second-order valence-corrected chi connectivity index (χ2v) is 4.72. The number of hydrogen-bond acceptors (Lipinski definition) is 3. The lowest BCUT2D eigenvalue weighted by molar-refractivity contribution is -0.133. The summed E-state index contributed by atoms with van der Waals surface area (Å²) in [4.78, 5) is 10.9. The van der Waals surface area contributed by atoms with Crippen LogP contribution in [0.2, 0.25) is 0 Å². The Labute approximate surface area is 101 Å². The van der Waals surface area contributed by atoms with Crippen LogP contribution in [0.5, 0.6) is 5.75 Å². The molecule has 0 atom stereocenters. The zero-order valence-electron chi connectivity index (χ0n) is 10.5. The van der Waals surface area contributed by atoms with Gasteiger partial charge in [0.05, 0.1) is 7.11 Å². The van der Waals surface area contributed by atoms with Crippen LogP contribution in [0.1, 0.15) is 31.9 Å². The summed E-state index contributed by atoms with van der Waals surface area (Å²) >= 11 is 0. The van der Waals surface area contributed by atoms with Crippen LogP contribution in [0, 0.1) is 11.8 Å². The second-order valence-electron chi connectivity index (χ2n) is 4.72. The summed E-state index contributed by atoms with van der Waals surface area (Å²) in [6.07, 6.45) is 0. The Morgan fingerprint density at radius 3 is 2.53 bits per heavy atom. The quantitative estimate of drug-likeness (QED) is 0.551. The highest BCUT2D eigenvalue weighted by molar-refractivity contribution is 5.89. The summed E-state index contributed by atoms with van der Waals surface area (Å²) < 4.78 is 4.43. The Bertz CT molecular complexity index is 484. The molecule has 0 radical (unpaired) electrons. The number of ether oxygens (including phenoxy) is 1. The molecule has 3 heteroatoms. The molecule has 0 saturated carbocycles. The van der Waals surface area contributed by atoms with E-state index in [2.05, 4.69) is 16.6 Å². The number of methoxy groups -OCH3 is 1. The zero-order valence-corrected chi connectivity index (χ0v) is 10.5. The third-order valence-corrected chi connectivity index (χ3v) is 2.30. The minimum Gasteiger partial charge on any atom is -0.508 e. The van der Waals surface area contributed by atoms with Crippen molar-refractivity contribution in [2.45, 2.75) is 26.2 Å². The molecule has 0 amide bonds. The molecular weight excluding hydrogens is 216 g/mol. The Balaban J connectivity index is 3.12. The maximum Gasteiger partial charge on any atom is 0.384 e. The second kappa shape index (κ2) is 4.92. The van der Waals surface area contributed by atoms with Crippen molar-refractivity contribution >= 4 is 5.97 Å². The fourth-order valence-corrected chi connectivity index (χ4v) is 1.39. The lowest BCUT2D eigenvalue weighted by Crippen LogP contribution is -2.11. The van der Waals surface area contributed by atoms with E-state index in [-0.39, 0.29) is 11.2 Å². The third kappa shape index (κ3) is 3.53. The summed E-state index contributed by atoms with van der Waals surface area (Å²) in [6, 6.07) is 5.04. The Morgan fingerprint density at radius 2 is 2.00 bits per heavy atom. The maximum absolute atomic E-state index is 10.9. The van der Waals surface area contributed by atoms with Gasteiger partial charge < -0.3 is 9.84 Å². The van der Waals surface area contributed by atoms with Gasteiger partial charge in [-0.2, -0.15) is 0 Å². The molecule has 0 aliphatic heterocycles. The molecule has 90 valence electrons. The Morgan fingerprint density at radius 1 is 1.35 bits per heavy atom. The topological polar surface area (TPSA) is 46.5 Å². The standard InChI is InChI=1S/C14H16O3/c1-14(2,3)11-9-10(5-7-12(11)15)6-8-13(16)17-4/h5,7,9,15H,1-4H3. The normalized spacial score (nSPS) is 10.4. The van der Waals surface area contributed by atoms with Gasteiger partial charge in [-0.25, -0.2) is 4.79 Å². The lowest BCUT2D eigenvalue weighted by atomic mass is 9.85. The van der Waals surface area contributed by atoms with Crippen molar-refractivity contribution in [2.75, 3.05) is 7.11 Å². The first-order chi connectivity index (χ1) is 7.84. The smallest absolute Gasteiger partial charge is 0.384 e. The molecule has 3 nitrogen and oxygen atoms in total. The third-order valence-electron chi connectivity index (χ3n) is 2.30. The largest absolute Gasteiger partial charge is 0.508 e. The van der Waals surface area contributed by atoms with Crippen molar-refractivity contribution < 1.29 is 14.6 Å². The van der Waals surface area contributed by atoms with E-state index in [1.54, 1.807) is 18.2 Å². The first kappa shape index (κ1) is 13.1. The molecule has 0 spiro atoms. The highest BCUT2D eigenvalue weighted by Gasteiger charge is 2.17. The van der Waals surface area contributed by atoms with Crippen molar-refractivity contribution in [2.24, 2.45) is 0 Å². The van der Waals surface area contributed by atoms with Crippen LogP contribution in [0.4, 0.5) is 0 Å². The predicted molar refractivity (Wildman–Crippen MR) is 65.7 cm³/mol.